The third kappa shape index (κ3) is 4.32. The molecule has 0 radical (unpaired) electrons. The van der Waals surface area contributed by atoms with Crippen molar-refractivity contribution >= 4 is 5.91 Å². The van der Waals surface area contributed by atoms with Crippen LogP contribution in [0.2, 0.25) is 0 Å². The second-order valence-corrected chi connectivity index (χ2v) is 2.33. The number of carbonyl (C=O) groups is 1. The number of amides is 1. The van der Waals surface area contributed by atoms with Gasteiger partial charge in [0.1, 0.15) is 6.73 Å². The van der Waals surface area contributed by atoms with Crippen LogP contribution in [0.3, 0.4) is 0 Å². The van der Waals surface area contributed by atoms with Gasteiger partial charge in [-0.05, 0) is 6.92 Å². The summed E-state index contributed by atoms with van der Waals surface area (Å²) in [5.41, 5.74) is 0. The summed E-state index contributed by atoms with van der Waals surface area (Å²) in [4.78, 5) is 10.8. The van der Waals surface area contributed by atoms with Gasteiger partial charge in [0, 0.05) is 12.5 Å². The molecule has 0 fully saturated rings. The van der Waals surface area contributed by atoms with Gasteiger partial charge in [-0.3, -0.25) is 4.79 Å². The predicted molar refractivity (Wildman–Crippen MR) is 39.5 cm³/mol. The molecule has 10 heavy (non-hydrogen) atoms. The Bertz CT molecular complexity index is 102. The molecule has 3 heteroatoms. The molecule has 0 aliphatic rings. The first-order valence-corrected chi connectivity index (χ1v) is 3.54. The lowest BCUT2D eigenvalue weighted by Gasteiger charge is -2.06. The summed E-state index contributed by atoms with van der Waals surface area (Å²) in [5.74, 6) is 0.0777. The number of nitrogens with one attached hydrogen (secondary N) is 1. The van der Waals surface area contributed by atoms with E-state index >= 15 is 0 Å². The number of rotatable bonds is 4. The van der Waals surface area contributed by atoms with E-state index in [1.54, 1.807) is 0 Å². The molecule has 0 aliphatic heterocycles. The molecule has 0 aromatic rings. The van der Waals surface area contributed by atoms with Crippen LogP contribution in [0.25, 0.3) is 0 Å². The first-order valence-electron chi connectivity index (χ1n) is 3.54. The van der Waals surface area contributed by atoms with Crippen molar-refractivity contribution in [3.8, 4) is 0 Å². The lowest BCUT2D eigenvalue weighted by atomic mass is 10.2. The van der Waals surface area contributed by atoms with Crippen molar-refractivity contribution in [2.24, 2.45) is 5.92 Å². The van der Waals surface area contributed by atoms with Crippen molar-refractivity contribution in [1.82, 2.24) is 5.32 Å². The minimum Gasteiger partial charge on any atom is -0.362 e. The molecular weight excluding hydrogens is 130 g/mol. The van der Waals surface area contributed by atoms with Crippen molar-refractivity contribution in [2.45, 2.75) is 20.8 Å². The Hall–Kier alpha value is -0.570. The summed E-state index contributed by atoms with van der Waals surface area (Å²) < 4.78 is 4.92. The van der Waals surface area contributed by atoms with Gasteiger partial charge < -0.3 is 10.1 Å². The Kier molecular flexibility index (Phi) is 4.94. The van der Waals surface area contributed by atoms with Crippen molar-refractivity contribution in [1.29, 1.82) is 0 Å². The normalized spacial score (nSPS) is 10.0. The lowest BCUT2D eigenvalue weighted by Crippen LogP contribution is -2.29. The van der Waals surface area contributed by atoms with E-state index in [2.05, 4.69) is 5.32 Å². The summed E-state index contributed by atoms with van der Waals surface area (Å²) in [5, 5.41) is 2.62. The zero-order chi connectivity index (χ0) is 7.98. The van der Waals surface area contributed by atoms with Crippen molar-refractivity contribution < 1.29 is 9.53 Å². The quantitative estimate of drug-likeness (QED) is 0.468. The molecule has 0 aromatic heterocycles. The van der Waals surface area contributed by atoms with Gasteiger partial charge in [0.05, 0.1) is 0 Å². The maximum atomic E-state index is 10.8. The van der Waals surface area contributed by atoms with E-state index in [1.807, 2.05) is 20.8 Å². The maximum absolute atomic E-state index is 10.8. The van der Waals surface area contributed by atoms with Gasteiger partial charge in [-0.1, -0.05) is 13.8 Å². The lowest BCUT2D eigenvalue weighted by molar-refractivity contribution is -0.125. The Balaban J connectivity index is 3.22. The molecule has 0 atom stereocenters. The SMILES string of the molecule is CCOCNC(=O)C(C)C. The van der Waals surface area contributed by atoms with E-state index in [0.29, 0.717) is 13.3 Å². The third-order valence-corrected chi connectivity index (χ3v) is 1.08. The first-order chi connectivity index (χ1) is 4.68. The monoisotopic (exact) mass is 145 g/mol. The molecule has 0 aromatic carbocycles. The van der Waals surface area contributed by atoms with Crippen LogP contribution in [0, 0.1) is 5.92 Å². The van der Waals surface area contributed by atoms with E-state index < -0.39 is 0 Å². The molecule has 0 bridgehead atoms. The largest absolute Gasteiger partial charge is 0.362 e. The molecule has 0 saturated heterocycles. The zero-order valence-corrected chi connectivity index (χ0v) is 6.81. The van der Waals surface area contributed by atoms with Gasteiger partial charge >= 0.3 is 0 Å². The number of hydrogen-bond acceptors (Lipinski definition) is 2. The van der Waals surface area contributed by atoms with E-state index in [1.165, 1.54) is 0 Å². The molecule has 0 spiro atoms. The summed E-state index contributed by atoms with van der Waals surface area (Å²) in [6.07, 6.45) is 0. The van der Waals surface area contributed by atoms with Crippen molar-refractivity contribution in [2.75, 3.05) is 13.3 Å². The predicted octanol–water partition coefficient (Wildman–Crippen LogP) is 0.753. The highest BCUT2D eigenvalue weighted by Gasteiger charge is 2.03. The Morgan fingerprint density at radius 1 is 1.60 bits per heavy atom. The molecule has 0 aliphatic carbocycles. The number of hydrogen-bond donors (Lipinski definition) is 1. The van der Waals surface area contributed by atoms with Gasteiger partial charge in [-0.15, -0.1) is 0 Å². The molecule has 1 N–H and O–H groups in total. The maximum Gasteiger partial charge on any atom is 0.224 e. The fourth-order valence-electron chi connectivity index (χ4n) is 0.428. The van der Waals surface area contributed by atoms with Crippen LogP contribution in [0.1, 0.15) is 20.8 Å². The molecule has 0 saturated carbocycles. The Labute approximate surface area is 61.8 Å². The van der Waals surface area contributed by atoms with E-state index in [-0.39, 0.29) is 11.8 Å². The van der Waals surface area contributed by atoms with Gasteiger partial charge in [0.2, 0.25) is 5.91 Å². The Morgan fingerprint density at radius 2 is 2.20 bits per heavy atom. The van der Waals surface area contributed by atoms with Crippen LogP contribution in [-0.4, -0.2) is 19.2 Å². The number of ether oxygens (including phenoxy) is 1. The summed E-state index contributed by atoms with van der Waals surface area (Å²) in [7, 11) is 0. The highest BCUT2D eigenvalue weighted by atomic mass is 16.5. The highest BCUT2D eigenvalue weighted by molar-refractivity contribution is 5.77. The summed E-state index contributed by atoms with van der Waals surface area (Å²) in [6.45, 7) is 6.55. The minimum absolute atomic E-state index is 0.0356. The van der Waals surface area contributed by atoms with Gasteiger partial charge in [-0.25, -0.2) is 0 Å². The number of carbonyl (C=O) groups excluding carboxylic acids is 1. The van der Waals surface area contributed by atoms with Crippen LogP contribution in [0.15, 0.2) is 0 Å². The molecule has 3 nitrogen and oxygen atoms in total. The van der Waals surface area contributed by atoms with Crippen LogP contribution >= 0.6 is 0 Å². The zero-order valence-electron chi connectivity index (χ0n) is 6.81. The van der Waals surface area contributed by atoms with E-state index in [4.69, 9.17) is 4.74 Å². The van der Waals surface area contributed by atoms with Crippen molar-refractivity contribution in [3.63, 3.8) is 0 Å². The first kappa shape index (κ1) is 9.43. The second kappa shape index (κ2) is 5.23. The minimum atomic E-state index is 0.0356. The molecule has 0 rings (SSSR count). The topological polar surface area (TPSA) is 38.3 Å². The molecule has 0 heterocycles. The Morgan fingerprint density at radius 3 is 2.60 bits per heavy atom. The second-order valence-electron chi connectivity index (χ2n) is 2.33. The van der Waals surface area contributed by atoms with Crippen molar-refractivity contribution in [3.05, 3.63) is 0 Å². The van der Waals surface area contributed by atoms with Gasteiger partial charge in [0.15, 0.2) is 0 Å². The fraction of sp³-hybridized carbons (Fsp3) is 0.857. The smallest absolute Gasteiger partial charge is 0.224 e. The molecule has 1 amide bonds. The summed E-state index contributed by atoms with van der Waals surface area (Å²) >= 11 is 0. The van der Waals surface area contributed by atoms with E-state index in [9.17, 15) is 4.79 Å². The van der Waals surface area contributed by atoms with Gasteiger partial charge in [-0.2, -0.15) is 0 Å². The highest BCUT2D eigenvalue weighted by Crippen LogP contribution is 1.89. The van der Waals surface area contributed by atoms with Crippen LogP contribution < -0.4 is 5.32 Å². The van der Waals surface area contributed by atoms with E-state index in [0.717, 1.165) is 0 Å². The fourth-order valence-corrected chi connectivity index (χ4v) is 0.428. The van der Waals surface area contributed by atoms with Crippen LogP contribution in [0.4, 0.5) is 0 Å². The molecule has 60 valence electrons. The molecular formula is C7H15NO2. The average molecular weight is 145 g/mol. The molecule has 0 unspecified atom stereocenters. The van der Waals surface area contributed by atoms with Crippen LogP contribution in [-0.2, 0) is 9.53 Å². The average Bonchev–Trinajstić information content (AvgIpc) is 1.88. The van der Waals surface area contributed by atoms with Gasteiger partial charge in [0.25, 0.3) is 0 Å². The third-order valence-electron chi connectivity index (χ3n) is 1.08. The standard InChI is InChI=1S/C7H15NO2/c1-4-10-5-8-7(9)6(2)3/h6H,4-5H2,1-3H3,(H,8,9). The summed E-state index contributed by atoms with van der Waals surface area (Å²) in [6, 6.07) is 0. The van der Waals surface area contributed by atoms with Crippen LogP contribution in [0.5, 0.6) is 0 Å².